The zero-order chi connectivity index (χ0) is 12.7. The van der Waals surface area contributed by atoms with Gasteiger partial charge < -0.3 is 10.2 Å². The van der Waals surface area contributed by atoms with Crippen molar-refractivity contribution in [2.75, 3.05) is 24.5 Å². The molecule has 0 radical (unpaired) electrons. The molecule has 2 saturated heterocycles. The molecule has 2 aliphatic heterocycles. The molecule has 2 aromatic rings. The van der Waals surface area contributed by atoms with Gasteiger partial charge in [-0.15, -0.1) is 10.2 Å². The van der Waals surface area contributed by atoms with Gasteiger partial charge in [-0.25, -0.2) is 0 Å². The van der Waals surface area contributed by atoms with Crippen LogP contribution >= 0.6 is 0 Å². The first-order chi connectivity index (χ1) is 9.42. The van der Waals surface area contributed by atoms with Crippen LogP contribution in [0.1, 0.15) is 0 Å². The number of nitrogens with one attached hydrogen (secondary N) is 1. The molecule has 2 fully saturated rings. The van der Waals surface area contributed by atoms with Crippen LogP contribution in [0.2, 0.25) is 0 Å². The van der Waals surface area contributed by atoms with Gasteiger partial charge in [0.2, 0.25) is 0 Å². The van der Waals surface area contributed by atoms with Gasteiger partial charge in [0.1, 0.15) is 0 Å². The van der Waals surface area contributed by atoms with Crippen molar-refractivity contribution in [3.63, 3.8) is 0 Å². The fourth-order valence-electron chi connectivity index (χ4n) is 3.02. The number of rotatable bonds is 2. The Kier molecular flexibility index (Phi) is 2.48. The van der Waals surface area contributed by atoms with Crippen LogP contribution in [-0.2, 0) is 0 Å². The van der Waals surface area contributed by atoms with Crippen molar-refractivity contribution in [2.24, 2.45) is 5.92 Å². The quantitative estimate of drug-likeness (QED) is 0.880. The number of aromatic nitrogens is 2. The van der Waals surface area contributed by atoms with Crippen LogP contribution in [0.4, 0.5) is 5.82 Å². The lowest BCUT2D eigenvalue weighted by atomic mass is 9.92. The van der Waals surface area contributed by atoms with E-state index in [-0.39, 0.29) is 0 Å². The van der Waals surface area contributed by atoms with Crippen LogP contribution in [0.3, 0.4) is 0 Å². The first kappa shape index (κ1) is 10.9. The molecule has 96 valence electrons. The predicted molar refractivity (Wildman–Crippen MR) is 75.0 cm³/mol. The summed E-state index contributed by atoms with van der Waals surface area (Å²) < 4.78 is 0. The van der Waals surface area contributed by atoms with E-state index < -0.39 is 0 Å². The molecule has 4 heteroatoms. The molecule has 0 aliphatic carbocycles. The van der Waals surface area contributed by atoms with Crippen molar-refractivity contribution in [3.05, 3.63) is 42.5 Å². The van der Waals surface area contributed by atoms with Gasteiger partial charge >= 0.3 is 0 Å². The molecule has 0 saturated carbocycles. The molecule has 19 heavy (non-hydrogen) atoms. The summed E-state index contributed by atoms with van der Waals surface area (Å²) in [5, 5.41) is 12.2. The Bertz CT molecular complexity index is 566. The van der Waals surface area contributed by atoms with Gasteiger partial charge in [0.05, 0.1) is 5.69 Å². The average Bonchev–Trinajstić information content (AvgIpc) is 2.82. The summed E-state index contributed by atoms with van der Waals surface area (Å²) in [6, 6.07) is 15.0. The molecule has 1 N–H and O–H groups in total. The highest BCUT2D eigenvalue weighted by molar-refractivity contribution is 5.59. The second kappa shape index (κ2) is 4.31. The fraction of sp³-hybridized carbons (Fsp3) is 0.333. The van der Waals surface area contributed by atoms with Gasteiger partial charge in [-0.3, -0.25) is 0 Å². The van der Waals surface area contributed by atoms with Gasteiger partial charge in [0.15, 0.2) is 5.82 Å². The first-order valence-corrected chi connectivity index (χ1v) is 6.78. The molecule has 1 aromatic carbocycles. The highest BCUT2D eigenvalue weighted by Gasteiger charge is 2.42. The van der Waals surface area contributed by atoms with Crippen LogP contribution < -0.4 is 10.2 Å². The smallest absolute Gasteiger partial charge is 0.151 e. The summed E-state index contributed by atoms with van der Waals surface area (Å²) >= 11 is 0. The Morgan fingerprint density at radius 2 is 1.89 bits per heavy atom. The third kappa shape index (κ3) is 1.79. The lowest BCUT2D eigenvalue weighted by molar-refractivity contribution is 0.361. The zero-order valence-electron chi connectivity index (χ0n) is 10.7. The largest absolute Gasteiger partial charge is 0.350 e. The monoisotopic (exact) mass is 252 g/mol. The minimum atomic E-state index is 0.622. The molecule has 0 unspecified atom stereocenters. The van der Waals surface area contributed by atoms with E-state index in [0.717, 1.165) is 42.6 Å². The molecule has 1 aromatic heterocycles. The second-order valence-corrected chi connectivity index (χ2v) is 5.28. The maximum Gasteiger partial charge on any atom is 0.151 e. The van der Waals surface area contributed by atoms with Crippen molar-refractivity contribution in [1.82, 2.24) is 15.5 Å². The predicted octanol–water partition coefficient (Wildman–Crippen LogP) is 1.55. The van der Waals surface area contributed by atoms with Gasteiger partial charge in [-0.05, 0) is 12.1 Å². The summed E-state index contributed by atoms with van der Waals surface area (Å²) in [4.78, 5) is 2.35. The number of hydrogen-bond donors (Lipinski definition) is 1. The molecular formula is C15H16N4. The number of fused-ring (bicyclic) bond motifs is 1. The summed E-state index contributed by atoms with van der Waals surface area (Å²) in [6.07, 6.45) is 0. The van der Waals surface area contributed by atoms with Gasteiger partial charge in [0, 0.05) is 37.2 Å². The lowest BCUT2D eigenvalue weighted by Crippen LogP contribution is -2.56. The Labute approximate surface area is 112 Å². The maximum atomic E-state index is 4.39. The Hall–Kier alpha value is -1.94. The van der Waals surface area contributed by atoms with E-state index in [1.807, 2.05) is 18.2 Å². The van der Waals surface area contributed by atoms with E-state index in [1.165, 1.54) is 0 Å². The Morgan fingerprint density at radius 1 is 1.00 bits per heavy atom. The van der Waals surface area contributed by atoms with E-state index in [4.69, 9.17) is 0 Å². The normalized spacial score (nSPS) is 24.9. The zero-order valence-corrected chi connectivity index (χ0v) is 10.7. The van der Waals surface area contributed by atoms with Crippen molar-refractivity contribution < 1.29 is 0 Å². The van der Waals surface area contributed by atoms with Crippen LogP contribution in [0.5, 0.6) is 0 Å². The van der Waals surface area contributed by atoms with Crippen molar-refractivity contribution in [1.29, 1.82) is 0 Å². The summed E-state index contributed by atoms with van der Waals surface area (Å²) in [5.41, 5.74) is 2.05. The minimum Gasteiger partial charge on any atom is -0.350 e. The summed E-state index contributed by atoms with van der Waals surface area (Å²) in [5.74, 6) is 1.81. The topological polar surface area (TPSA) is 41.0 Å². The molecule has 2 aliphatic rings. The Balaban J connectivity index is 1.57. The number of benzene rings is 1. The second-order valence-electron chi connectivity index (χ2n) is 5.28. The van der Waals surface area contributed by atoms with E-state index in [9.17, 15) is 0 Å². The maximum absolute atomic E-state index is 4.39. The summed E-state index contributed by atoms with van der Waals surface area (Å²) in [7, 11) is 0. The molecule has 0 bridgehead atoms. The number of hydrogen-bond acceptors (Lipinski definition) is 4. The first-order valence-electron chi connectivity index (χ1n) is 6.78. The summed E-state index contributed by atoms with van der Waals surface area (Å²) in [6.45, 7) is 3.33. The molecule has 4 nitrogen and oxygen atoms in total. The molecule has 0 amide bonds. The fourth-order valence-corrected chi connectivity index (χ4v) is 3.02. The van der Waals surface area contributed by atoms with E-state index in [0.29, 0.717) is 6.04 Å². The SMILES string of the molecule is c1ccc(-c2ccc(N3C[C@@H]4CNC[C@H]43)nn2)cc1. The number of anilines is 1. The third-order valence-corrected chi connectivity index (χ3v) is 4.15. The molecule has 3 heterocycles. The van der Waals surface area contributed by atoms with Gasteiger partial charge in [-0.2, -0.15) is 0 Å². The van der Waals surface area contributed by atoms with Gasteiger partial charge in [0.25, 0.3) is 0 Å². The minimum absolute atomic E-state index is 0.622. The van der Waals surface area contributed by atoms with E-state index >= 15 is 0 Å². The highest BCUT2D eigenvalue weighted by atomic mass is 15.3. The van der Waals surface area contributed by atoms with Crippen LogP contribution in [0, 0.1) is 5.92 Å². The molecule has 0 spiro atoms. The highest BCUT2D eigenvalue weighted by Crippen LogP contribution is 2.32. The van der Waals surface area contributed by atoms with Gasteiger partial charge in [-0.1, -0.05) is 30.3 Å². The van der Waals surface area contributed by atoms with E-state index in [1.54, 1.807) is 0 Å². The van der Waals surface area contributed by atoms with E-state index in [2.05, 4.69) is 44.7 Å². The van der Waals surface area contributed by atoms with Crippen LogP contribution in [0.15, 0.2) is 42.5 Å². The standard InChI is InChI=1S/C15H16N4/c1-2-4-11(5-3-1)13-6-7-15(18-17-13)19-10-12-8-16-9-14(12)19/h1-7,12,14,16H,8-10H2/t12-,14+/m0/s1. The molecule has 2 atom stereocenters. The van der Waals surface area contributed by atoms with Crippen molar-refractivity contribution >= 4 is 5.82 Å². The Morgan fingerprint density at radius 3 is 2.63 bits per heavy atom. The number of nitrogens with zero attached hydrogens (tertiary/aromatic N) is 3. The lowest BCUT2D eigenvalue weighted by Gasteiger charge is -2.44. The van der Waals surface area contributed by atoms with Crippen molar-refractivity contribution in [3.8, 4) is 11.3 Å². The average molecular weight is 252 g/mol. The molecule has 4 rings (SSSR count). The van der Waals surface area contributed by atoms with Crippen molar-refractivity contribution in [2.45, 2.75) is 6.04 Å². The van der Waals surface area contributed by atoms with Crippen LogP contribution in [-0.4, -0.2) is 35.9 Å². The molecular weight excluding hydrogens is 236 g/mol. The third-order valence-electron chi connectivity index (χ3n) is 4.15. The van der Waals surface area contributed by atoms with Crippen LogP contribution in [0.25, 0.3) is 11.3 Å².